The van der Waals surface area contributed by atoms with E-state index in [2.05, 4.69) is 224 Å². The number of hydrogen-bond donors (Lipinski definition) is 4. The van der Waals surface area contributed by atoms with Gasteiger partial charge in [-0.15, -0.1) is 0 Å². The molecule has 0 aromatic heterocycles. The Morgan fingerprint density at radius 1 is 0.522 bits per heavy atom. The van der Waals surface area contributed by atoms with Crippen molar-refractivity contribution in [3.05, 3.63) is 212 Å². The Morgan fingerprint density at radius 2 is 0.946 bits per heavy atom. The van der Waals surface area contributed by atoms with Gasteiger partial charge in [0.1, 0.15) is 36.6 Å². The molecule has 0 spiro atoms. The molecule has 2 saturated heterocycles. The molecule has 18 heteroatoms. The average molecular weight is 1400 g/mol. The van der Waals surface area contributed by atoms with Gasteiger partial charge in [0.2, 0.25) is 5.79 Å². The third-order valence-electron chi connectivity index (χ3n) is 14.4. The number of carbonyl (C=O) groups is 1. The van der Waals surface area contributed by atoms with Crippen molar-refractivity contribution >= 4 is 55.2 Å². The fourth-order valence-corrected chi connectivity index (χ4v) is 14.3. The van der Waals surface area contributed by atoms with E-state index in [1.54, 1.807) is 6.07 Å². The number of hydrogen-bond acceptors (Lipinski definition) is 12. The minimum absolute atomic E-state index is 0. The maximum Gasteiger partial charge on any atom is 1.00 e. The summed E-state index contributed by atoms with van der Waals surface area (Å²) in [4.78, 5) is 12.9. The molecule has 8 rings (SSSR count). The van der Waals surface area contributed by atoms with Gasteiger partial charge in [-0.1, -0.05) is 175 Å². The van der Waals surface area contributed by atoms with Crippen LogP contribution in [0.3, 0.4) is 0 Å². The molecular weight excluding hydrogens is 1280 g/mol. The minimum atomic E-state index is -2.00. The molecule has 2 heterocycles. The zero-order valence-corrected chi connectivity index (χ0v) is 61.2. The Hall–Kier alpha value is -3.67. The number of aryl methyl sites for hydroxylation is 3. The topological polar surface area (TPSA) is 163 Å². The zero-order valence-electron chi connectivity index (χ0n) is 55.6. The van der Waals surface area contributed by atoms with Crippen molar-refractivity contribution in [3.8, 4) is 0 Å². The molecule has 0 radical (unpaired) electrons. The SMILES string of the molecule is C.C.C.C.CCc1ccc(Cc2c[c-]ccc2)cc1.CCc1ccc(Cc2cccc(Br)c2)cc1.CCc1ccc(Cc2cccc(C3(OC)OC(CO)[C@@H](O)[C@H](O)[C@H]3O)c2)cc1.C[Si](C)(C)OCC1OC(=O)[C@H](O[Si](C)(C)C)[C@@H](O[Si](C)(C)C)[C@@H]1O[Si](C)(C)C.[Li+]. The summed E-state index contributed by atoms with van der Waals surface area (Å²) >= 11 is 3.50. The van der Waals surface area contributed by atoms with Crippen LogP contribution >= 0.6 is 15.9 Å². The minimum Gasteiger partial charge on any atom is -0.455 e. The van der Waals surface area contributed by atoms with Crippen LogP contribution < -0.4 is 18.9 Å². The Kier molecular flexibility index (Phi) is 39.2. The summed E-state index contributed by atoms with van der Waals surface area (Å²) in [5.74, 6) is -2.04. The summed E-state index contributed by atoms with van der Waals surface area (Å²) in [6.45, 7) is 31.7. The van der Waals surface area contributed by atoms with Crippen LogP contribution in [0.15, 0.2) is 150 Å². The smallest absolute Gasteiger partial charge is 0.455 e. The third-order valence-corrected chi connectivity index (χ3v) is 18.8. The molecule has 9 atom stereocenters. The Labute approximate surface area is 581 Å². The van der Waals surface area contributed by atoms with Gasteiger partial charge in [-0.2, -0.15) is 35.9 Å². The first-order valence-electron chi connectivity index (χ1n) is 30.7. The van der Waals surface area contributed by atoms with E-state index in [9.17, 15) is 25.2 Å². The quantitative estimate of drug-likeness (QED) is 0.0307. The number of benzene rings is 6. The van der Waals surface area contributed by atoms with E-state index >= 15 is 0 Å². The fourth-order valence-electron chi connectivity index (χ4n) is 9.98. The van der Waals surface area contributed by atoms with Crippen LogP contribution in [-0.4, -0.2) is 129 Å². The van der Waals surface area contributed by atoms with E-state index in [0.29, 0.717) is 18.6 Å². The van der Waals surface area contributed by atoms with Crippen molar-refractivity contribution in [2.75, 3.05) is 20.3 Å². The summed E-state index contributed by atoms with van der Waals surface area (Å²) in [6.07, 6.45) is -1.71. The summed E-state index contributed by atoms with van der Waals surface area (Å²) in [5, 5.41) is 40.4. The summed E-state index contributed by atoms with van der Waals surface area (Å²) in [6, 6.07) is 53.2. The molecule has 92 heavy (non-hydrogen) atoms. The van der Waals surface area contributed by atoms with Crippen LogP contribution in [0.2, 0.25) is 78.6 Å². The zero-order chi connectivity index (χ0) is 64.3. The summed E-state index contributed by atoms with van der Waals surface area (Å²) in [7, 11) is -6.30. The van der Waals surface area contributed by atoms with Crippen molar-refractivity contribution < 1.29 is 76.0 Å². The molecule has 2 aliphatic rings. The number of methoxy groups -OCH3 is 1. The van der Waals surface area contributed by atoms with Gasteiger partial charge in [0.05, 0.1) is 13.2 Å². The molecule has 3 unspecified atom stereocenters. The van der Waals surface area contributed by atoms with Crippen LogP contribution in [0, 0.1) is 6.07 Å². The van der Waals surface area contributed by atoms with Crippen molar-refractivity contribution in [3.63, 3.8) is 0 Å². The molecule has 6 aromatic carbocycles. The first-order chi connectivity index (χ1) is 40.9. The van der Waals surface area contributed by atoms with Gasteiger partial charge >= 0.3 is 24.8 Å². The number of esters is 1. The van der Waals surface area contributed by atoms with Crippen molar-refractivity contribution in [2.45, 2.75) is 222 Å². The van der Waals surface area contributed by atoms with Crippen LogP contribution in [0.5, 0.6) is 0 Å². The number of halogens is 1. The number of cyclic esters (lactones) is 1. The Morgan fingerprint density at radius 3 is 1.35 bits per heavy atom. The van der Waals surface area contributed by atoms with Crippen LogP contribution in [-0.2, 0) is 81.0 Å². The number of carbonyl (C=O) groups excluding carboxylic acids is 1. The number of ether oxygens (including phenoxy) is 3. The molecule has 0 saturated carbocycles. The van der Waals surface area contributed by atoms with E-state index in [1.165, 1.54) is 46.1 Å². The van der Waals surface area contributed by atoms with Gasteiger partial charge in [-0.05, 0) is 174 Å². The normalized spacial score (nSPS) is 21.1. The molecule has 2 aliphatic heterocycles. The van der Waals surface area contributed by atoms with Gasteiger partial charge in [0.15, 0.2) is 45.5 Å². The van der Waals surface area contributed by atoms with Gasteiger partial charge < -0.3 is 52.3 Å². The molecule has 508 valence electrons. The van der Waals surface area contributed by atoms with E-state index < -0.39 is 88.4 Å². The number of rotatable bonds is 21. The maximum atomic E-state index is 12.9. The molecule has 0 bridgehead atoms. The number of aliphatic hydroxyl groups is 4. The maximum absolute atomic E-state index is 12.9. The second kappa shape index (κ2) is 40.8. The van der Waals surface area contributed by atoms with Crippen molar-refractivity contribution in [1.82, 2.24) is 0 Å². The Bertz CT molecular complexity index is 2990. The largest absolute Gasteiger partial charge is 1.00 e. The molecule has 4 N–H and O–H groups in total. The molecule has 6 aromatic rings. The van der Waals surface area contributed by atoms with Gasteiger partial charge in [0, 0.05) is 17.1 Å². The third kappa shape index (κ3) is 29.0. The molecule has 2 fully saturated rings. The predicted octanol–water partition coefficient (Wildman–Crippen LogP) is 13.3. The second-order valence-electron chi connectivity index (χ2n) is 26.4. The molecule has 0 aliphatic carbocycles. The van der Waals surface area contributed by atoms with E-state index in [1.807, 2.05) is 36.4 Å². The summed E-state index contributed by atoms with van der Waals surface area (Å²) < 4.78 is 43.6. The first-order valence-corrected chi connectivity index (χ1v) is 45.1. The van der Waals surface area contributed by atoms with Gasteiger partial charge in [-0.25, -0.2) is 4.79 Å². The average Bonchev–Trinajstić information content (AvgIpc) is 0.767. The number of aliphatic hydroxyl groups excluding tert-OH is 4. The standard InChI is InChI=1S/C22H28O6.C18H42O6Si4.C15H15Br.C15H15.4CH4.Li/c1-3-14-7-9-15(10-8-14)11-16-5-4-6-17(12-16)22(27-2)21(26)20(25)19(24)18(13-23)28-22;1-25(2,3)20-13-14-15(22-26(4,5)6)16(23-27(7,8)9)17(18(19)21-14)24-28(10,11)12;1-2-12-6-8-13(9-7-12)10-14-4-3-5-15(16)11-14;1-2-13-8-10-15(11-9-13)12-14-6-4-3-5-7-14;;;;;/h4-10,12,18-21,23-26H,3,11,13H2,1-2H3;14-17H,13H2,1-12H3;3-9,11H,2,10H2,1H3;3-4,6-11H,2,12H2,1H3;4*1H4;/q;;;-1;;;;;+1/t18?,19-,20+,21-,22?;14?,15-,16+,17-;;;;;;;/m11......./s1. The predicted molar refractivity (Wildman–Crippen MR) is 391 cm³/mol. The van der Waals surface area contributed by atoms with E-state index in [-0.39, 0.29) is 60.6 Å². The van der Waals surface area contributed by atoms with Crippen LogP contribution in [0.1, 0.15) is 106 Å². The van der Waals surface area contributed by atoms with Crippen molar-refractivity contribution in [1.29, 1.82) is 0 Å². The summed E-state index contributed by atoms with van der Waals surface area (Å²) in [5.41, 5.74) is 12.1. The molecule has 12 nitrogen and oxygen atoms in total. The van der Waals surface area contributed by atoms with Crippen LogP contribution in [0.4, 0.5) is 0 Å². The fraction of sp³-hybridized carbons (Fsp3) is 0.500. The van der Waals surface area contributed by atoms with Gasteiger partial charge in [0.25, 0.3) is 0 Å². The first kappa shape index (κ1) is 88.3. The van der Waals surface area contributed by atoms with Crippen LogP contribution in [0.25, 0.3) is 0 Å². The van der Waals surface area contributed by atoms with Gasteiger partial charge in [-0.3, -0.25) is 0 Å². The second-order valence-corrected chi connectivity index (χ2v) is 45.2. The van der Waals surface area contributed by atoms with E-state index in [4.69, 9.17) is 31.9 Å². The van der Waals surface area contributed by atoms with E-state index in [0.717, 1.165) is 47.7 Å². The Balaban J connectivity index is 0.00000122. The van der Waals surface area contributed by atoms with Crippen molar-refractivity contribution in [2.24, 2.45) is 0 Å². The molecular formula is C74H116BrLiO12Si4. The monoisotopic (exact) mass is 1390 g/mol. The molecule has 0 amide bonds.